The van der Waals surface area contributed by atoms with Crippen LogP contribution in [-0.4, -0.2) is 44.2 Å². The number of nitrogens with zero attached hydrogens (tertiary/aromatic N) is 4. The van der Waals surface area contributed by atoms with Crippen LogP contribution in [0.25, 0.3) is 0 Å². The van der Waals surface area contributed by atoms with Crippen LogP contribution in [-0.2, 0) is 27.5 Å². The Bertz CT molecular complexity index is 1120. The van der Waals surface area contributed by atoms with E-state index in [0.717, 1.165) is 10.0 Å². The van der Waals surface area contributed by atoms with E-state index in [2.05, 4.69) is 42.1 Å². The minimum Gasteiger partial charge on any atom is -0.374 e. The smallest absolute Gasteiger partial charge is 0.240 e. The molecule has 0 spiro atoms. The lowest BCUT2D eigenvalue weighted by atomic mass is 10.1. The molecule has 1 aromatic heterocycles. The van der Waals surface area contributed by atoms with Crippen molar-refractivity contribution in [3.8, 4) is 0 Å². The van der Waals surface area contributed by atoms with Gasteiger partial charge in [0.1, 0.15) is 6.04 Å². The molecule has 0 bridgehead atoms. The first-order chi connectivity index (χ1) is 16.7. The van der Waals surface area contributed by atoms with Crippen LogP contribution >= 0.6 is 15.9 Å². The number of aryl methyl sites for hydroxylation is 1. The van der Waals surface area contributed by atoms with Crippen LogP contribution in [0.2, 0.25) is 0 Å². The minimum absolute atomic E-state index is 0.118. The number of carbonyl (C=O) groups excluding carboxylic acids is 2. The van der Waals surface area contributed by atoms with Crippen molar-refractivity contribution in [2.45, 2.75) is 51.4 Å². The zero-order valence-electron chi connectivity index (χ0n) is 19.8. The molecule has 10 nitrogen and oxygen atoms in total. The first kappa shape index (κ1) is 26.5. The van der Waals surface area contributed by atoms with Crippen molar-refractivity contribution in [3.63, 3.8) is 0 Å². The average Bonchev–Trinajstić information content (AvgIpc) is 3.28. The molecular weight excluding hydrogens is 514 g/mol. The molecule has 0 radical (unpaired) electrons. The lowest BCUT2D eigenvalue weighted by Crippen LogP contribution is -2.51. The maximum Gasteiger partial charge on any atom is 0.240 e. The predicted molar refractivity (Wildman–Crippen MR) is 135 cm³/mol. The number of hydrogen-bond donors (Lipinski definition) is 3. The van der Waals surface area contributed by atoms with Crippen molar-refractivity contribution >= 4 is 33.4 Å². The summed E-state index contributed by atoms with van der Waals surface area (Å²) < 4.78 is 8.25. The van der Waals surface area contributed by atoms with E-state index < -0.39 is 11.6 Å². The lowest BCUT2D eigenvalue weighted by Gasteiger charge is -2.23. The number of halogens is 1. The summed E-state index contributed by atoms with van der Waals surface area (Å²) in [6, 6.07) is 16.5. The maximum atomic E-state index is 12.6. The summed E-state index contributed by atoms with van der Waals surface area (Å²) in [4.78, 5) is 25.0. The molecule has 2 amide bonds. The van der Waals surface area contributed by atoms with Crippen molar-refractivity contribution in [3.05, 3.63) is 70.5 Å². The first-order valence-corrected chi connectivity index (χ1v) is 12.1. The molecular formula is C24H30BrN7O3. The minimum atomic E-state index is -1.08. The fraction of sp³-hybridized carbons (Fsp3) is 0.375. The molecule has 0 fully saturated rings. The average molecular weight is 544 g/mol. The molecule has 0 aliphatic carbocycles. The van der Waals surface area contributed by atoms with E-state index in [1.165, 1.54) is 0 Å². The van der Waals surface area contributed by atoms with Crippen molar-refractivity contribution in [2.75, 3.05) is 11.9 Å². The van der Waals surface area contributed by atoms with E-state index >= 15 is 0 Å². The molecule has 3 aromatic rings. The van der Waals surface area contributed by atoms with Crippen LogP contribution in [0.4, 0.5) is 5.69 Å². The van der Waals surface area contributed by atoms with E-state index in [9.17, 15) is 9.59 Å². The topological polar surface area (TPSA) is 137 Å². The van der Waals surface area contributed by atoms with E-state index in [4.69, 9.17) is 10.5 Å². The Labute approximate surface area is 212 Å². The number of amides is 2. The normalized spacial score (nSPS) is 12.2. The summed E-state index contributed by atoms with van der Waals surface area (Å²) in [7, 11) is 0. The number of nitrogens with two attached hydrogens (primary N) is 1. The molecule has 0 aliphatic rings. The Morgan fingerprint density at radius 2 is 1.86 bits per heavy atom. The number of para-hydroxylation sites is 1. The number of tetrazole rings is 1. The molecule has 35 heavy (non-hydrogen) atoms. The van der Waals surface area contributed by atoms with Crippen LogP contribution < -0.4 is 16.4 Å². The highest BCUT2D eigenvalue weighted by Gasteiger charge is 2.28. The fourth-order valence-corrected chi connectivity index (χ4v) is 3.56. The Morgan fingerprint density at radius 1 is 1.14 bits per heavy atom. The van der Waals surface area contributed by atoms with E-state index in [1.807, 2.05) is 54.6 Å². The van der Waals surface area contributed by atoms with Crippen molar-refractivity contribution in [2.24, 2.45) is 5.73 Å². The number of carbonyl (C=O) groups is 2. The van der Waals surface area contributed by atoms with E-state index in [-0.39, 0.29) is 24.8 Å². The largest absolute Gasteiger partial charge is 0.374 e. The van der Waals surface area contributed by atoms with Gasteiger partial charge >= 0.3 is 0 Å². The Hall–Kier alpha value is -3.15. The molecule has 0 saturated heterocycles. The van der Waals surface area contributed by atoms with Gasteiger partial charge in [-0.3, -0.25) is 9.59 Å². The molecule has 1 heterocycles. The Kier molecular flexibility index (Phi) is 9.47. The zero-order valence-corrected chi connectivity index (χ0v) is 21.4. The van der Waals surface area contributed by atoms with E-state index in [0.29, 0.717) is 31.1 Å². The van der Waals surface area contributed by atoms with Crippen molar-refractivity contribution in [1.82, 2.24) is 25.5 Å². The summed E-state index contributed by atoms with van der Waals surface area (Å²) in [5.41, 5.74) is 6.60. The maximum absolute atomic E-state index is 12.6. The quantitative estimate of drug-likeness (QED) is 0.319. The number of ether oxygens (including phenoxy) is 1. The highest BCUT2D eigenvalue weighted by atomic mass is 79.9. The van der Waals surface area contributed by atoms with Crippen LogP contribution in [0.5, 0.6) is 0 Å². The Balaban J connectivity index is 1.61. The van der Waals surface area contributed by atoms with Gasteiger partial charge in [0.25, 0.3) is 0 Å². The van der Waals surface area contributed by atoms with Gasteiger partial charge in [0.15, 0.2) is 5.82 Å². The molecule has 11 heteroatoms. The SMILES string of the molecule is CC(C)(N)C(=O)N[C@H](COCc1ccccc1)c1nnnn1CCCC(=O)Nc1ccccc1Br. The number of nitrogens with one attached hydrogen (secondary N) is 2. The molecule has 186 valence electrons. The summed E-state index contributed by atoms with van der Waals surface area (Å²) in [5.74, 6) is -0.0393. The van der Waals surface area contributed by atoms with Gasteiger partial charge in [-0.2, -0.15) is 0 Å². The summed E-state index contributed by atoms with van der Waals surface area (Å²) in [5, 5.41) is 17.7. The molecule has 0 aliphatic heterocycles. The number of anilines is 1. The van der Waals surface area contributed by atoms with Gasteiger partial charge in [0.05, 0.1) is 24.4 Å². The van der Waals surface area contributed by atoms with Crippen molar-refractivity contribution in [1.29, 1.82) is 0 Å². The second-order valence-corrected chi connectivity index (χ2v) is 9.49. The number of aromatic nitrogens is 4. The van der Waals surface area contributed by atoms with Gasteiger partial charge in [-0.25, -0.2) is 4.68 Å². The summed E-state index contributed by atoms with van der Waals surface area (Å²) in [6.45, 7) is 4.16. The van der Waals surface area contributed by atoms with Crippen LogP contribution in [0.1, 0.15) is 44.1 Å². The highest BCUT2D eigenvalue weighted by Crippen LogP contribution is 2.21. The summed E-state index contributed by atoms with van der Waals surface area (Å²) in [6.07, 6.45) is 0.778. The second-order valence-electron chi connectivity index (χ2n) is 8.64. The standard InChI is InChI=1S/C24H30BrN7O3/c1-24(2,26)23(34)28-20(16-35-15-17-9-4-3-5-10-17)22-29-30-31-32(22)14-8-13-21(33)27-19-12-7-6-11-18(19)25/h3-7,9-12,20H,8,13-16,26H2,1-2H3,(H,27,33)(H,28,34)/t20-/m1/s1. The summed E-state index contributed by atoms with van der Waals surface area (Å²) >= 11 is 3.42. The molecule has 1 atom stereocenters. The third kappa shape index (κ3) is 8.23. The van der Waals surface area contributed by atoms with Gasteiger partial charge in [0.2, 0.25) is 11.8 Å². The van der Waals surface area contributed by atoms with Gasteiger partial charge in [-0.1, -0.05) is 42.5 Å². The second kappa shape index (κ2) is 12.5. The third-order valence-corrected chi connectivity index (χ3v) is 5.77. The number of hydrogen-bond acceptors (Lipinski definition) is 7. The number of rotatable bonds is 12. The highest BCUT2D eigenvalue weighted by molar-refractivity contribution is 9.10. The molecule has 3 rings (SSSR count). The van der Waals surface area contributed by atoms with Gasteiger partial charge in [-0.15, -0.1) is 5.10 Å². The van der Waals surface area contributed by atoms with E-state index in [1.54, 1.807) is 18.5 Å². The Morgan fingerprint density at radius 3 is 2.57 bits per heavy atom. The molecule has 2 aromatic carbocycles. The van der Waals surface area contributed by atoms with Crippen LogP contribution in [0.15, 0.2) is 59.1 Å². The van der Waals surface area contributed by atoms with Crippen LogP contribution in [0, 0.1) is 0 Å². The first-order valence-electron chi connectivity index (χ1n) is 11.3. The molecule has 0 saturated carbocycles. The zero-order chi connectivity index (χ0) is 25.3. The molecule has 4 N–H and O–H groups in total. The van der Waals surface area contributed by atoms with Gasteiger partial charge in [-0.05, 0) is 64.3 Å². The van der Waals surface area contributed by atoms with Gasteiger partial charge < -0.3 is 21.1 Å². The number of benzene rings is 2. The third-order valence-electron chi connectivity index (χ3n) is 5.08. The van der Waals surface area contributed by atoms with Gasteiger partial charge in [0, 0.05) is 17.4 Å². The van der Waals surface area contributed by atoms with Crippen molar-refractivity contribution < 1.29 is 14.3 Å². The fourth-order valence-electron chi connectivity index (χ4n) is 3.18. The van der Waals surface area contributed by atoms with Crippen LogP contribution in [0.3, 0.4) is 0 Å². The lowest BCUT2D eigenvalue weighted by molar-refractivity contribution is -0.126. The molecule has 0 unspecified atom stereocenters. The monoisotopic (exact) mass is 543 g/mol. The predicted octanol–water partition coefficient (Wildman–Crippen LogP) is 2.97.